The van der Waals surface area contributed by atoms with Crippen molar-refractivity contribution < 1.29 is 40.9 Å². The molecule has 0 saturated heterocycles. The Labute approximate surface area is 199 Å². The Morgan fingerprint density at radius 3 is 2.09 bits per heavy atom. The molecule has 0 atom stereocenters. The standard InChI is InChI=1S/C20H16Cl2F5N3O4/c21-11-1-2-12(17(23)16(11)22)30-18-10-7-14(31-3-5-33-19(24)25)15(8-13(10)28-9-29-18)32-4-6-34-20(26)27/h1-2,7-9,19-20H,3-6H2,(H,28,29,30). The van der Waals surface area contributed by atoms with Gasteiger partial charge < -0.3 is 24.3 Å². The minimum Gasteiger partial charge on any atom is -0.487 e. The summed E-state index contributed by atoms with van der Waals surface area (Å²) in [6.45, 7) is -7.34. The van der Waals surface area contributed by atoms with E-state index in [2.05, 4.69) is 24.8 Å². The number of hydrogen-bond acceptors (Lipinski definition) is 7. The number of hydrogen-bond donors (Lipinski definition) is 1. The summed E-state index contributed by atoms with van der Waals surface area (Å²) < 4.78 is 82.4. The van der Waals surface area contributed by atoms with Crippen LogP contribution in [0.3, 0.4) is 0 Å². The largest absolute Gasteiger partial charge is 0.487 e. The van der Waals surface area contributed by atoms with E-state index in [0.717, 1.165) is 0 Å². The fourth-order valence-electron chi connectivity index (χ4n) is 2.72. The third-order valence-corrected chi connectivity index (χ3v) is 4.94. The van der Waals surface area contributed by atoms with Gasteiger partial charge in [0.25, 0.3) is 0 Å². The second-order valence-electron chi connectivity index (χ2n) is 6.35. The van der Waals surface area contributed by atoms with Gasteiger partial charge in [-0.15, -0.1) is 0 Å². The number of nitrogens with zero attached hydrogens (tertiary/aromatic N) is 2. The summed E-state index contributed by atoms with van der Waals surface area (Å²) in [6.07, 6.45) is 1.20. The number of halogens is 7. The molecule has 0 bridgehead atoms. The second kappa shape index (κ2) is 12.2. The van der Waals surface area contributed by atoms with Crippen LogP contribution in [0.15, 0.2) is 30.6 Å². The SMILES string of the molecule is Fc1c(Nc2ncnc3cc(OCCOC(F)F)c(OCCOC(F)F)cc23)ccc(Cl)c1Cl. The molecule has 0 saturated carbocycles. The fraction of sp³-hybridized carbons (Fsp3) is 0.300. The van der Waals surface area contributed by atoms with Crippen molar-refractivity contribution in [1.82, 2.24) is 9.97 Å². The third kappa shape index (κ3) is 6.92. The molecule has 184 valence electrons. The summed E-state index contributed by atoms with van der Waals surface area (Å²) in [5.41, 5.74) is 0.297. The Morgan fingerprint density at radius 1 is 0.853 bits per heavy atom. The molecule has 0 amide bonds. The number of ether oxygens (including phenoxy) is 4. The van der Waals surface area contributed by atoms with Crippen molar-refractivity contribution in [3.8, 4) is 11.5 Å². The molecule has 0 aliphatic rings. The minimum absolute atomic E-state index is 0.0216. The molecule has 3 rings (SSSR count). The van der Waals surface area contributed by atoms with E-state index < -0.39 is 32.3 Å². The third-order valence-electron chi connectivity index (χ3n) is 4.16. The van der Waals surface area contributed by atoms with Gasteiger partial charge in [-0.3, -0.25) is 0 Å². The average Bonchev–Trinajstić information content (AvgIpc) is 2.79. The van der Waals surface area contributed by atoms with Gasteiger partial charge >= 0.3 is 13.2 Å². The molecule has 3 aromatic rings. The summed E-state index contributed by atoms with van der Waals surface area (Å²) in [5, 5.41) is 2.87. The molecular formula is C20H16Cl2F5N3O4. The van der Waals surface area contributed by atoms with Crippen LogP contribution in [-0.4, -0.2) is 49.6 Å². The van der Waals surface area contributed by atoms with E-state index >= 15 is 0 Å². The first-order valence-electron chi connectivity index (χ1n) is 9.50. The van der Waals surface area contributed by atoms with Crippen LogP contribution in [-0.2, 0) is 9.47 Å². The molecule has 0 spiro atoms. The Morgan fingerprint density at radius 2 is 1.47 bits per heavy atom. The summed E-state index contributed by atoms with van der Waals surface area (Å²) in [6, 6.07) is 5.58. The van der Waals surface area contributed by atoms with Gasteiger partial charge in [-0.1, -0.05) is 23.2 Å². The first-order valence-corrected chi connectivity index (χ1v) is 10.3. The summed E-state index contributed by atoms with van der Waals surface area (Å²) in [4.78, 5) is 8.20. The van der Waals surface area contributed by atoms with Crippen molar-refractivity contribution in [3.05, 3.63) is 46.5 Å². The van der Waals surface area contributed by atoms with Crippen molar-refractivity contribution in [2.24, 2.45) is 0 Å². The summed E-state index contributed by atoms with van der Waals surface area (Å²) >= 11 is 11.7. The van der Waals surface area contributed by atoms with E-state index in [4.69, 9.17) is 32.7 Å². The smallest absolute Gasteiger partial charge is 0.345 e. The van der Waals surface area contributed by atoms with Crippen molar-refractivity contribution in [2.45, 2.75) is 13.2 Å². The molecule has 1 N–H and O–H groups in total. The van der Waals surface area contributed by atoms with Crippen molar-refractivity contribution in [1.29, 1.82) is 0 Å². The van der Waals surface area contributed by atoms with Crippen LogP contribution in [0, 0.1) is 5.82 Å². The van der Waals surface area contributed by atoms with Gasteiger partial charge in [0.1, 0.15) is 25.4 Å². The molecule has 0 unspecified atom stereocenters. The highest BCUT2D eigenvalue weighted by Gasteiger charge is 2.16. The van der Waals surface area contributed by atoms with Crippen LogP contribution in [0.2, 0.25) is 10.0 Å². The maximum absolute atomic E-state index is 14.5. The molecule has 2 aromatic carbocycles. The zero-order chi connectivity index (χ0) is 24.7. The number of anilines is 2. The van der Waals surface area contributed by atoms with Crippen LogP contribution >= 0.6 is 23.2 Å². The quantitative estimate of drug-likeness (QED) is 0.174. The molecule has 1 aromatic heterocycles. The molecular weight excluding hydrogens is 512 g/mol. The molecule has 1 heterocycles. The first kappa shape index (κ1) is 25.9. The molecule has 0 aliphatic heterocycles. The van der Waals surface area contributed by atoms with Gasteiger partial charge in [0.15, 0.2) is 17.3 Å². The normalized spacial score (nSPS) is 11.4. The van der Waals surface area contributed by atoms with Crippen LogP contribution < -0.4 is 14.8 Å². The van der Waals surface area contributed by atoms with Gasteiger partial charge in [0, 0.05) is 11.5 Å². The Kier molecular flexibility index (Phi) is 9.28. The van der Waals surface area contributed by atoms with Gasteiger partial charge in [-0.2, -0.15) is 17.6 Å². The van der Waals surface area contributed by atoms with Crippen LogP contribution in [0.1, 0.15) is 0 Å². The molecule has 7 nitrogen and oxygen atoms in total. The Hall–Kier alpha value is -2.67. The second-order valence-corrected chi connectivity index (χ2v) is 7.13. The lowest BCUT2D eigenvalue weighted by atomic mass is 10.2. The number of rotatable bonds is 12. The van der Waals surface area contributed by atoms with Crippen molar-refractivity contribution >= 4 is 45.6 Å². The first-order chi connectivity index (χ1) is 16.3. The number of benzene rings is 2. The van der Waals surface area contributed by atoms with Gasteiger partial charge in [0.05, 0.1) is 34.5 Å². The van der Waals surface area contributed by atoms with Crippen LogP contribution in [0.25, 0.3) is 10.9 Å². The molecule has 0 radical (unpaired) electrons. The molecule has 14 heteroatoms. The van der Waals surface area contributed by atoms with E-state index in [1.54, 1.807) is 0 Å². The van der Waals surface area contributed by atoms with Gasteiger partial charge in [-0.05, 0) is 18.2 Å². The van der Waals surface area contributed by atoms with E-state index in [1.807, 2.05) is 0 Å². The fourth-order valence-corrected chi connectivity index (χ4v) is 3.03. The maximum atomic E-state index is 14.5. The predicted molar refractivity (Wildman–Crippen MR) is 114 cm³/mol. The molecule has 0 fully saturated rings. The lowest BCUT2D eigenvalue weighted by Crippen LogP contribution is -2.12. The van der Waals surface area contributed by atoms with Gasteiger partial charge in [0.2, 0.25) is 0 Å². The summed E-state index contributed by atoms with van der Waals surface area (Å²) in [7, 11) is 0. The van der Waals surface area contributed by atoms with E-state index in [-0.39, 0.29) is 46.3 Å². The lowest BCUT2D eigenvalue weighted by molar-refractivity contribution is -0.134. The highest BCUT2D eigenvalue weighted by Crippen LogP contribution is 2.36. The number of nitrogens with one attached hydrogen (secondary N) is 1. The lowest BCUT2D eigenvalue weighted by Gasteiger charge is -2.16. The highest BCUT2D eigenvalue weighted by molar-refractivity contribution is 6.42. The number of alkyl halides is 4. The van der Waals surface area contributed by atoms with E-state index in [0.29, 0.717) is 10.9 Å². The zero-order valence-electron chi connectivity index (χ0n) is 17.0. The van der Waals surface area contributed by atoms with Gasteiger partial charge in [-0.25, -0.2) is 14.4 Å². The Balaban J connectivity index is 1.90. The van der Waals surface area contributed by atoms with E-state index in [1.165, 1.54) is 30.6 Å². The average molecular weight is 528 g/mol. The number of aromatic nitrogens is 2. The number of fused-ring (bicyclic) bond motifs is 1. The molecule has 0 aliphatic carbocycles. The topological polar surface area (TPSA) is 74.7 Å². The monoisotopic (exact) mass is 527 g/mol. The minimum atomic E-state index is -2.98. The zero-order valence-corrected chi connectivity index (χ0v) is 18.6. The van der Waals surface area contributed by atoms with Crippen molar-refractivity contribution in [2.75, 3.05) is 31.7 Å². The van der Waals surface area contributed by atoms with Crippen molar-refractivity contribution in [3.63, 3.8) is 0 Å². The van der Waals surface area contributed by atoms with Crippen LogP contribution in [0.4, 0.5) is 33.5 Å². The van der Waals surface area contributed by atoms with E-state index in [9.17, 15) is 22.0 Å². The van der Waals surface area contributed by atoms with Crippen LogP contribution in [0.5, 0.6) is 11.5 Å². The predicted octanol–water partition coefficient (Wildman–Crippen LogP) is 6.06. The maximum Gasteiger partial charge on any atom is 0.345 e. The Bertz CT molecular complexity index is 1130. The highest BCUT2D eigenvalue weighted by atomic mass is 35.5. The molecule has 34 heavy (non-hydrogen) atoms. The summed E-state index contributed by atoms with van der Waals surface area (Å²) in [5.74, 6) is -0.522.